The van der Waals surface area contributed by atoms with Crippen LogP contribution in [0.5, 0.6) is 0 Å². The number of fused-ring (bicyclic) bond motifs is 1. The number of benzene rings is 1. The molecule has 0 bridgehead atoms. The van der Waals surface area contributed by atoms with Crippen LogP contribution in [0.1, 0.15) is 25.3 Å². The van der Waals surface area contributed by atoms with Gasteiger partial charge in [-0.1, -0.05) is 0 Å². The highest BCUT2D eigenvalue weighted by molar-refractivity contribution is 5.92. The van der Waals surface area contributed by atoms with Gasteiger partial charge in [0.05, 0.1) is 0 Å². The molecule has 0 fully saturated rings. The number of carbonyl (C=O) groups is 1. The molecule has 4 heteroatoms. The van der Waals surface area contributed by atoms with Gasteiger partial charge in [-0.05, 0) is 55.5 Å². The summed E-state index contributed by atoms with van der Waals surface area (Å²) in [5.41, 5.74) is 9.23. The molecule has 2 N–H and O–H groups in total. The predicted molar refractivity (Wildman–Crippen MR) is 84.3 cm³/mol. The van der Waals surface area contributed by atoms with Gasteiger partial charge < -0.3 is 15.5 Å². The molecule has 0 spiro atoms. The zero-order valence-electron chi connectivity index (χ0n) is 12.7. The molecular formula is C16H25N3O. The molecule has 1 heterocycles. The third-order valence-corrected chi connectivity index (χ3v) is 4.09. The van der Waals surface area contributed by atoms with Gasteiger partial charge in [-0.2, -0.15) is 0 Å². The van der Waals surface area contributed by atoms with Crippen LogP contribution in [-0.4, -0.2) is 33.1 Å². The summed E-state index contributed by atoms with van der Waals surface area (Å²) < 4.78 is 0. The SMILES string of the molecule is CC(=O)N1CCC(CCN)Cc2cc(N(C)C)ccc21. The lowest BCUT2D eigenvalue weighted by molar-refractivity contribution is -0.116. The molecule has 1 aromatic rings. The summed E-state index contributed by atoms with van der Waals surface area (Å²) in [6, 6.07) is 6.37. The second-order valence-corrected chi connectivity index (χ2v) is 5.81. The number of nitrogens with two attached hydrogens (primary N) is 1. The highest BCUT2D eigenvalue weighted by Crippen LogP contribution is 2.32. The van der Waals surface area contributed by atoms with Gasteiger partial charge in [-0.25, -0.2) is 0 Å². The minimum atomic E-state index is 0.122. The van der Waals surface area contributed by atoms with Gasteiger partial charge in [-0.3, -0.25) is 4.79 Å². The lowest BCUT2D eigenvalue weighted by Gasteiger charge is -2.23. The van der Waals surface area contributed by atoms with Crippen LogP contribution in [0, 0.1) is 5.92 Å². The Labute approximate surface area is 121 Å². The van der Waals surface area contributed by atoms with Crippen LogP contribution in [0.25, 0.3) is 0 Å². The summed E-state index contributed by atoms with van der Waals surface area (Å²) in [7, 11) is 4.08. The third-order valence-electron chi connectivity index (χ3n) is 4.09. The lowest BCUT2D eigenvalue weighted by Crippen LogP contribution is -2.29. The minimum absolute atomic E-state index is 0.122. The summed E-state index contributed by atoms with van der Waals surface area (Å²) in [5.74, 6) is 0.692. The average Bonchev–Trinajstić information content (AvgIpc) is 2.57. The Morgan fingerprint density at radius 2 is 2.20 bits per heavy atom. The fourth-order valence-corrected chi connectivity index (χ4v) is 2.93. The van der Waals surface area contributed by atoms with E-state index in [1.54, 1.807) is 6.92 Å². The van der Waals surface area contributed by atoms with E-state index in [1.165, 1.54) is 11.3 Å². The van der Waals surface area contributed by atoms with E-state index >= 15 is 0 Å². The molecule has 0 saturated carbocycles. The molecule has 1 amide bonds. The highest BCUT2D eigenvalue weighted by Gasteiger charge is 2.23. The Morgan fingerprint density at radius 1 is 1.45 bits per heavy atom. The number of anilines is 2. The van der Waals surface area contributed by atoms with E-state index in [0.717, 1.165) is 31.5 Å². The van der Waals surface area contributed by atoms with Crippen molar-refractivity contribution in [2.24, 2.45) is 11.7 Å². The zero-order chi connectivity index (χ0) is 14.7. The van der Waals surface area contributed by atoms with E-state index in [0.29, 0.717) is 12.5 Å². The maximum atomic E-state index is 11.9. The molecule has 2 rings (SSSR count). The quantitative estimate of drug-likeness (QED) is 0.918. The maximum absolute atomic E-state index is 11.9. The van der Waals surface area contributed by atoms with E-state index in [1.807, 2.05) is 19.0 Å². The topological polar surface area (TPSA) is 49.6 Å². The number of hydrogen-bond acceptors (Lipinski definition) is 3. The number of nitrogens with zero attached hydrogens (tertiary/aromatic N) is 2. The van der Waals surface area contributed by atoms with Gasteiger partial charge in [0, 0.05) is 38.9 Å². The standard InChI is InChI=1S/C16H25N3O/c1-12(20)19-9-7-13(6-8-17)10-14-11-15(18(2)3)4-5-16(14)19/h4-5,11,13H,6-10,17H2,1-3H3. The monoisotopic (exact) mass is 275 g/mol. The highest BCUT2D eigenvalue weighted by atomic mass is 16.2. The van der Waals surface area contributed by atoms with Crippen LogP contribution in [-0.2, 0) is 11.2 Å². The summed E-state index contributed by atoms with van der Waals surface area (Å²) >= 11 is 0. The van der Waals surface area contributed by atoms with Crippen LogP contribution in [0.2, 0.25) is 0 Å². The van der Waals surface area contributed by atoms with Crippen LogP contribution in [0.4, 0.5) is 11.4 Å². The van der Waals surface area contributed by atoms with Gasteiger partial charge >= 0.3 is 0 Å². The van der Waals surface area contributed by atoms with Gasteiger partial charge in [0.25, 0.3) is 0 Å². The van der Waals surface area contributed by atoms with Crippen molar-refractivity contribution in [2.75, 3.05) is 37.0 Å². The van der Waals surface area contributed by atoms with Crippen molar-refractivity contribution in [2.45, 2.75) is 26.2 Å². The van der Waals surface area contributed by atoms with Crippen molar-refractivity contribution in [1.82, 2.24) is 0 Å². The predicted octanol–water partition coefficient (Wildman–Crippen LogP) is 2.02. The van der Waals surface area contributed by atoms with Gasteiger partial charge in [0.2, 0.25) is 5.91 Å². The largest absolute Gasteiger partial charge is 0.378 e. The van der Waals surface area contributed by atoms with E-state index in [2.05, 4.69) is 23.1 Å². The molecule has 1 aliphatic heterocycles. The van der Waals surface area contributed by atoms with E-state index < -0.39 is 0 Å². The van der Waals surface area contributed by atoms with Gasteiger partial charge in [-0.15, -0.1) is 0 Å². The molecule has 0 saturated heterocycles. The lowest BCUT2D eigenvalue weighted by atomic mass is 9.93. The molecule has 1 atom stereocenters. The van der Waals surface area contributed by atoms with Crippen molar-refractivity contribution < 1.29 is 4.79 Å². The van der Waals surface area contributed by atoms with E-state index in [4.69, 9.17) is 5.73 Å². The Hall–Kier alpha value is -1.55. The van der Waals surface area contributed by atoms with Crippen molar-refractivity contribution in [3.63, 3.8) is 0 Å². The van der Waals surface area contributed by atoms with E-state index in [9.17, 15) is 4.79 Å². The Balaban J connectivity index is 2.39. The molecule has 20 heavy (non-hydrogen) atoms. The van der Waals surface area contributed by atoms with Crippen LogP contribution in [0.15, 0.2) is 18.2 Å². The number of carbonyl (C=O) groups excluding carboxylic acids is 1. The first kappa shape index (κ1) is 14.9. The summed E-state index contributed by atoms with van der Waals surface area (Å²) in [6.07, 6.45) is 3.07. The number of rotatable bonds is 3. The molecule has 110 valence electrons. The van der Waals surface area contributed by atoms with Crippen LogP contribution < -0.4 is 15.5 Å². The molecule has 1 aromatic carbocycles. The molecule has 0 aromatic heterocycles. The average molecular weight is 275 g/mol. The minimum Gasteiger partial charge on any atom is -0.378 e. The molecule has 1 aliphatic rings. The molecule has 4 nitrogen and oxygen atoms in total. The Morgan fingerprint density at radius 3 is 2.80 bits per heavy atom. The van der Waals surface area contributed by atoms with Crippen LogP contribution >= 0.6 is 0 Å². The maximum Gasteiger partial charge on any atom is 0.223 e. The van der Waals surface area contributed by atoms with Gasteiger partial charge in [0.15, 0.2) is 0 Å². The number of amides is 1. The summed E-state index contributed by atoms with van der Waals surface area (Å²) in [5, 5.41) is 0. The first-order chi connectivity index (χ1) is 9.52. The zero-order valence-corrected chi connectivity index (χ0v) is 12.7. The fraction of sp³-hybridized carbons (Fsp3) is 0.562. The molecular weight excluding hydrogens is 250 g/mol. The van der Waals surface area contributed by atoms with Crippen molar-refractivity contribution in [3.8, 4) is 0 Å². The molecule has 1 unspecified atom stereocenters. The van der Waals surface area contributed by atoms with E-state index in [-0.39, 0.29) is 5.91 Å². The van der Waals surface area contributed by atoms with Gasteiger partial charge in [0.1, 0.15) is 0 Å². The normalized spacial score (nSPS) is 18.4. The van der Waals surface area contributed by atoms with Crippen LogP contribution in [0.3, 0.4) is 0 Å². The smallest absolute Gasteiger partial charge is 0.223 e. The second kappa shape index (κ2) is 6.27. The van der Waals surface area contributed by atoms with Crippen molar-refractivity contribution in [1.29, 1.82) is 0 Å². The van der Waals surface area contributed by atoms with Crippen molar-refractivity contribution in [3.05, 3.63) is 23.8 Å². The first-order valence-electron chi connectivity index (χ1n) is 7.31. The Kier molecular flexibility index (Phi) is 4.65. The summed E-state index contributed by atoms with van der Waals surface area (Å²) in [4.78, 5) is 15.9. The number of hydrogen-bond donors (Lipinski definition) is 1. The van der Waals surface area contributed by atoms with Crippen molar-refractivity contribution >= 4 is 17.3 Å². The first-order valence-corrected chi connectivity index (χ1v) is 7.31. The third kappa shape index (κ3) is 3.12. The second-order valence-electron chi connectivity index (χ2n) is 5.81. The summed E-state index contributed by atoms with van der Waals surface area (Å²) in [6.45, 7) is 3.16. The molecule has 0 radical (unpaired) electrons. The fourth-order valence-electron chi connectivity index (χ4n) is 2.93. The Bertz CT molecular complexity index is 485. The molecule has 0 aliphatic carbocycles.